The van der Waals surface area contributed by atoms with Crippen LogP contribution in [-0.4, -0.2) is 16.7 Å². The summed E-state index contributed by atoms with van der Waals surface area (Å²) in [5.41, 5.74) is 1.28. The number of aromatic nitrogens is 2. The van der Waals surface area contributed by atoms with Gasteiger partial charge >= 0.3 is 0 Å². The number of hydrogen-bond donors (Lipinski definition) is 0. The molecule has 3 aromatic rings. The molecule has 3 aromatic heterocycles. The second-order valence-corrected chi connectivity index (χ2v) is 8.30. The van der Waals surface area contributed by atoms with Crippen LogP contribution in [0.3, 0.4) is 0 Å². The summed E-state index contributed by atoms with van der Waals surface area (Å²) in [7, 11) is 0. The lowest BCUT2D eigenvalue weighted by Gasteiger charge is -2.08. The molecule has 0 fully saturated rings. The minimum absolute atomic E-state index is 0.452. The average molecular weight is 344 g/mol. The first-order valence-electron chi connectivity index (χ1n) is 6.89. The van der Waals surface area contributed by atoms with E-state index < -0.39 is 0 Å². The van der Waals surface area contributed by atoms with Gasteiger partial charge in [0.25, 0.3) is 0 Å². The number of rotatable bonds is 3. The highest BCUT2D eigenvalue weighted by Gasteiger charge is 2.22. The van der Waals surface area contributed by atoms with Crippen molar-refractivity contribution >= 4 is 57.2 Å². The van der Waals surface area contributed by atoms with Crippen molar-refractivity contribution in [2.45, 2.75) is 18.6 Å². The van der Waals surface area contributed by atoms with Crippen LogP contribution in [0.5, 0.6) is 0 Å². The highest BCUT2D eigenvalue weighted by Crippen LogP contribution is 2.45. The Balaban J connectivity index is 1.89. The van der Waals surface area contributed by atoms with Crippen LogP contribution >= 0.6 is 34.4 Å². The van der Waals surface area contributed by atoms with E-state index in [2.05, 4.69) is 52.6 Å². The summed E-state index contributed by atoms with van der Waals surface area (Å²) >= 11 is 5.22. The van der Waals surface area contributed by atoms with Crippen molar-refractivity contribution < 1.29 is 0 Å². The van der Waals surface area contributed by atoms with Crippen molar-refractivity contribution in [2.24, 2.45) is 4.99 Å². The van der Waals surface area contributed by atoms with Crippen molar-refractivity contribution in [3.63, 3.8) is 0 Å². The van der Waals surface area contributed by atoms with E-state index in [-0.39, 0.29) is 0 Å². The molecule has 1 aliphatic rings. The number of aryl methyl sites for hydroxylation is 1. The smallest absolute Gasteiger partial charge is 0.173 e. The third-order valence-corrected chi connectivity index (χ3v) is 6.60. The van der Waals surface area contributed by atoms with Gasteiger partial charge in [-0.05, 0) is 48.5 Å². The van der Waals surface area contributed by atoms with Crippen molar-refractivity contribution in [1.82, 2.24) is 9.97 Å². The summed E-state index contributed by atoms with van der Waals surface area (Å²) in [6.45, 7) is 5.80. The van der Waals surface area contributed by atoms with Crippen molar-refractivity contribution in [3.8, 4) is 10.7 Å². The van der Waals surface area contributed by atoms with Gasteiger partial charge in [-0.2, -0.15) is 0 Å². The van der Waals surface area contributed by atoms with Gasteiger partial charge in [-0.3, -0.25) is 0 Å². The lowest BCUT2D eigenvalue weighted by atomic mass is 10.1. The zero-order valence-electron chi connectivity index (χ0n) is 11.9. The minimum Gasteiger partial charge on any atom is -0.244 e. The Labute approximate surface area is 140 Å². The summed E-state index contributed by atoms with van der Waals surface area (Å²) < 4.78 is 0. The van der Waals surface area contributed by atoms with Gasteiger partial charge in [0, 0.05) is 10.1 Å². The zero-order valence-corrected chi connectivity index (χ0v) is 14.4. The average Bonchev–Trinajstić information content (AvgIpc) is 3.25. The molecule has 1 unspecified atom stereocenters. The van der Waals surface area contributed by atoms with Crippen LogP contribution < -0.4 is 0 Å². The maximum atomic E-state index is 4.76. The Morgan fingerprint density at radius 3 is 2.91 bits per heavy atom. The fourth-order valence-electron chi connectivity index (χ4n) is 2.55. The first kappa shape index (κ1) is 14.1. The standard InChI is InChI=1S/C16H13N3S3/c1-9-5-6-12(22-9)14-18-15(17-2)13-10(8-21-16(13)19-14)11-4-3-7-20-11/h3,5-8,11H,2,4H2,1H3. The molecule has 0 saturated carbocycles. The Morgan fingerprint density at radius 1 is 1.32 bits per heavy atom. The second kappa shape index (κ2) is 5.61. The van der Waals surface area contributed by atoms with Crippen molar-refractivity contribution in [3.05, 3.63) is 39.4 Å². The molecule has 22 heavy (non-hydrogen) atoms. The third kappa shape index (κ3) is 2.31. The number of aliphatic imine (C=N–C) groups is 1. The number of thiophene rings is 2. The van der Waals surface area contributed by atoms with Gasteiger partial charge in [0.2, 0.25) is 0 Å². The third-order valence-electron chi connectivity index (χ3n) is 3.59. The number of thioether (sulfide) groups is 1. The van der Waals surface area contributed by atoms with Gasteiger partial charge in [0.1, 0.15) is 4.83 Å². The van der Waals surface area contributed by atoms with Crippen LogP contribution in [0.1, 0.15) is 22.1 Å². The fourth-order valence-corrected chi connectivity index (χ4v) is 5.39. The normalized spacial score (nSPS) is 17.4. The van der Waals surface area contributed by atoms with Gasteiger partial charge in [-0.25, -0.2) is 15.0 Å². The molecule has 1 aliphatic heterocycles. The molecule has 0 amide bonds. The number of nitrogens with zero attached hydrogens (tertiary/aromatic N) is 3. The molecular weight excluding hydrogens is 330 g/mol. The van der Waals surface area contributed by atoms with E-state index in [0.717, 1.165) is 27.3 Å². The predicted molar refractivity (Wildman–Crippen MR) is 98.8 cm³/mol. The lowest BCUT2D eigenvalue weighted by Crippen LogP contribution is -1.91. The van der Waals surface area contributed by atoms with Crippen LogP contribution in [0.15, 0.2) is 34.0 Å². The molecule has 6 heteroatoms. The van der Waals surface area contributed by atoms with Crippen LogP contribution in [0.2, 0.25) is 0 Å². The summed E-state index contributed by atoms with van der Waals surface area (Å²) in [5.74, 6) is 1.45. The van der Waals surface area contributed by atoms with E-state index in [1.54, 1.807) is 22.7 Å². The molecule has 0 radical (unpaired) electrons. The molecule has 0 spiro atoms. The molecule has 0 N–H and O–H groups in total. The maximum absolute atomic E-state index is 4.76. The molecule has 0 aromatic carbocycles. The zero-order chi connectivity index (χ0) is 15.1. The Kier molecular flexibility index (Phi) is 3.60. The van der Waals surface area contributed by atoms with Crippen molar-refractivity contribution in [2.75, 3.05) is 0 Å². The number of hydrogen-bond acceptors (Lipinski definition) is 6. The predicted octanol–water partition coefficient (Wildman–Crippen LogP) is 5.75. The molecule has 0 bridgehead atoms. The topological polar surface area (TPSA) is 38.1 Å². The monoisotopic (exact) mass is 343 g/mol. The molecular formula is C16H13N3S3. The van der Waals surface area contributed by atoms with E-state index in [4.69, 9.17) is 4.98 Å². The molecule has 4 rings (SSSR count). The van der Waals surface area contributed by atoms with E-state index >= 15 is 0 Å². The van der Waals surface area contributed by atoms with E-state index in [0.29, 0.717) is 11.1 Å². The van der Waals surface area contributed by atoms with Crippen LogP contribution in [-0.2, 0) is 0 Å². The number of fused-ring (bicyclic) bond motifs is 1. The van der Waals surface area contributed by atoms with Crippen LogP contribution in [0, 0.1) is 6.92 Å². The quantitative estimate of drug-likeness (QED) is 0.568. The van der Waals surface area contributed by atoms with Crippen LogP contribution in [0.25, 0.3) is 20.9 Å². The van der Waals surface area contributed by atoms with Gasteiger partial charge in [0.15, 0.2) is 11.6 Å². The largest absolute Gasteiger partial charge is 0.244 e. The van der Waals surface area contributed by atoms with Gasteiger partial charge in [-0.1, -0.05) is 6.08 Å². The van der Waals surface area contributed by atoms with Crippen molar-refractivity contribution in [1.29, 1.82) is 0 Å². The second-order valence-electron chi connectivity index (χ2n) is 5.04. The summed E-state index contributed by atoms with van der Waals surface area (Å²) in [5, 5.41) is 5.88. The summed E-state index contributed by atoms with van der Waals surface area (Å²) in [6, 6.07) is 4.16. The molecule has 110 valence electrons. The maximum Gasteiger partial charge on any atom is 0.173 e. The van der Waals surface area contributed by atoms with E-state index in [1.807, 2.05) is 11.8 Å². The lowest BCUT2D eigenvalue weighted by molar-refractivity contribution is 1.00. The molecule has 4 heterocycles. The SMILES string of the molecule is C=Nc1nc(-c2ccc(C)s2)nc2scc(C3CC=CS3)c12. The first-order chi connectivity index (χ1) is 10.8. The fraction of sp³-hybridized carbons (Fsp3) is 0.188. The molecule has 0 saturated heterocycles. The molecule has 3 nitrogen and oxygen atoms in total. The van der Waals surface area contributed by atoms with Gasteiger partial charge in [0.05, 0.1) is 10.3 Å². The van der Waals surface area contributed by atoms with Crippen LogP contribution in [0.4, 0.5) is 5.82 Å². The first-order valence-corrected chi connectivity index (χ1v) is 9.53. The minimum atomic E-state index is 0.452. The number of allylic oxidation sites excluding steroid dienone is 1. The molecule has 1 atom stereocenters. The Morgan fingerprint density at radius 2 is 2.23 bits per heavy atom. The van der Waals surface area contributed by atoms with E-state index in [9.17, 15) is 0 Å². The highest BCUT2D eigenvalue weighted by atomic mass is 32.2. The Bertz CT molecular complexity index is 883. The summed E-state index contributed by atoms with van der Waals surface area (Å²) in [4.78, 5) is 16.9. The van der Waals surface area contributed by atoms with Gasteiger partial charge < -0.3 is 0 Å². The van der Waals surface area contributed by atoms with E-state index in [1.165, 1.54) is 10.4 Å². The highest BCUT2D eigenvalue weighted by molar-refractivity contribution is 8.02. The summed E-state index contributed by atoms with van der Waals surface area (Å²) in [6.07, 6.45) is 3.27. The Hall–Kier alpha value is -1.50. The molecule has 0 aliphatic carbocycles. The van der Waals surface area contributed by atoms with Gasteiger partial charge in [-0.15, -0.1) is 34.4 Å².